The van der Waals surface area contributed by atoms with Crippen LogP contribution in [-0.4, -0.2) is 66.9 Å². The molecule has 0 radical (unpaired) electrons. The monoisotopic (exact) mass is 410 g/mol. The van der Waals surface area contributed by atoms with Crippen LogP contribution >= 0.6 is 0 Å². The summed E-state index contributed by atoms with van der Waals surface area (Å²) in [7, 11) is 3.39. The standard InChI is InChI=1S/C23H30N4O3/c1-26-14-12-24-21-11-6-10-20(25-21)9-3-4-13-27(16-22(26)28)23(29)19-8-5-7-18(15-19)17-30-2/h5-8,10-11,15H,3-4,9,12-14,16-17H2,1-2H3,(H,24,25). The molecule has 2 bridgehead atoms. The van der Waals surface area contributed by atoms with E-state index in [1.165, 1.54) is 0 Å². The van der Waals surface area contributed by atoms with E-state index in [0.29, 0.717) is 31.8 Å². The van der Waals surface area contributed by atoms with Gasteiger partial charge < -0.3 is 19.9 Å². The SMILES string of the molecule is COCc1cccc(C(=O)N2CCCCc3cccc(n3)NCCN(C)C(=O)C2)c1. The third-order valence-corrected chi connectivity index (χ3v) is 5.20. The number of carbonyl (C=O) groups is 2. The molecule has 160 valence electrons. The second-order valence-electron chi connectivity index (χ2n) is 7.57. The molecule has 0 saturated carbocycles. The smallest absolute Gasteiger partial charge is 0.254 e. The number of carbonyl (C=O) groups excluding carboxylic acids is 2. The Bertz CT molecular complexity index is 871. The molecule has 30 heavy (non-hydrogen) atoms. The number of hydrogen-bond acceptors (Lipinski definition) is 5. The van der Waals surface area contributed by atoms with Crippen molar-refractivity contribution >= 4 is 17.6 Å². The van der Waals surface area contributed by atoms with Crippen LogP contribution in [0.15, 0.2) is 42.5 Å². The Hall–Kier alpha value is -2.93. The zero-order chi connectivity index (χ0) is 21.3. The van der Waals surface area contributed by atoms with E-state index in [0.717, 1.165) is 36.3 Å². The maximum atomic E-state index is 13.2. The molecule has 2 aromatic rings. The molecule has 3 rings (SSSR count). The molecule has 1 aromatic heterocycles. The fraction of sp³-hybridized carbons (Fsp3) is 0.435. The number of pyridine rings is 1. The Balaban J connectivity index is 1.76. The van der Waals surface area contributed by atoms with Crippen molar-refractivity contribution in [3.8, 4) is 0 Å². The first-order chi connectivity index (χ1) is 14.6. The van der Waals surface area contributed by atoms with Gasteiger partial charge in [0.05, 0.1) is 6.61 Å². The highest BCUT2D eigenvalue weighted by atomic mass is 16.5. The molecule has 1 aliphatic rings. The van der Waals surface area contributed by atoms with Crippen LogP contribution in [0.3, 0.4) is 0 Å². The minimum absolute atomic E-state index is 0.0723. The molecule has 7 nitrogen and oxygen atoms in total. The lowest BCUT2D eigenvalue weighted by Gasteiger charge is -2.26. The number of hydrogen-bond donors (Lipinski definition) is 1. The molecule has 2 amide bonds. The number of benzene rings is 1. The second kappa shape index (κ2) is 10.7. The molecule has 0 aliphatic carbocycles. The van der Waals surface area contributed by atoms with Crippen molar-refractivity contribution < 1.29 is 14.3 Å². The van der Waals surface area contributed by atoms with Crippen molar-refractivity contribution in [3.63, 3.8) is 0 Å². The van der Waals surface area contributed by atoms with Gasteiger partial charge in [-0.1, -0.05) is 18.2 Å². The van der Waals surface area contributed by atoms with Crippen molar-refractivity contribution in [1.82, 2.24) is 14.8 Å². The van der Waals surface area contributed by atoms with Crippen molar-refractivity contribution in [3.05, 3.63) is 59.3 Å². The van der Waals surface area contributed by atoms with Crippen LogP contribution in [0.25, 0.3) is 0 Å². The van der Waals surface area contributed by atoms with Gasteiger partial charge >= 0.3 is 0 Å². The Morgan fingerprint density at radius 1 is 1.17 bits per heavy atom. The molecular formula is C23H30N4O3. The third-order valence-electron chi connectivity index (χ3n) is 5.20. The van der Waals surface area contributed by atoms with Gasteiger partial charge in [0, 0.05) is 45.0 Å². The normalized spacial score (nSPS) is 16.0. The highest BCUT2D eigenvalue weighted by Gasteiger charge is 2.21. The van der Waals surface area contributed by atoms with Gasteiger partial charge in [-0.05, 0) is 49.1 Å². The Morgan fingerprint density at radius 2 is 2.00 bits per heavy atom. The van der Waals surface area contributed by atoms with E-state index in [4.69, 9.17) is 4.74 Å². The molecule has 0 spiro atoms. The summed E-state index contributed by atoms with van der Waals surface area (Å²) >= 11 is 0. The average molecular weight is 411 g/mol. The van der Waals surface area contributed by atoms with Crippen molar-refractivity contribution in [2.75, 3.05) is 45.7 Å². The third kappa shape index (κ3) is 6.03. The Morgan fingerprint density at radius 3 is 2.83 bits per heavy atom. The van der Waals surface area contributed by atoms with Crippen LogP contribution in [0.4, 0.5) is 5.82 Å². The summed E-state index contributed by atoms with van der Waals surface area (Å²) in [5, 5.41) is 3.27. The van der Waals surface area contributed by atoms with Crippen LogP contribution in [0.5, 0.6) is 0 Å². The maximum Gasteiger partial charge on any atom is 0.254 e. The fourth-order valence-electron chi connectivity index (χ4n) is 3.48. The Labute approximate surface area is 178 Å². The first kappa shape index (κ1) is 21.8. The highest BCUT2D eigenvalue weighted by molar-refractivity contribution is 5.96. The van der Waals surface area contributed by atoms with E-state index in [-0.39, 0.29) is 18.4 Å². The van der Waals surface area contributed by atoms with Gasteiger partial charge in [-0.2, -0.15) is 0 Å². The van der Waals surface area contributed by atoms with Crippen LogP contribution in [0, 0.1) is 0 Å². The van der Waals surface area contributed by atoms with Gasteiger partial charge in [0.1, 0.15) is 12.4 Å². The number of likely N-dealkylation sites (N-methyl/N-ethyl adjacent to an activating group) is 1. The number of nitrogens with zero attached hydrogens (tertiary/aromatic N) is 3. The summed E-state index contributed by atoms with van der Waals surface area (Å²) in [6.07, 6.45) is 2.54. The highest BCUT2D eigenvalue weighted by Crippen LogP contribution is 2.13. The van der Waals surface area contributed by atoms with Gasteiger partial charge in [0.15, 0.2) is 0 Å². The first-order valence-corrected chi connectivity index (χ1v) is 10.4. The number of aryl methyl sites for hydroxylation is 1. The number of anilines is 1. The fourth-order valence-corrected chi connectivity index (χ4v) is 3.48. The molecule has 0 fully saturated rings. The van der Waals surface area contributed by atoms with Crippen LogP contribution < -0.4 is 5.32 Å². The molecular weight excluding hydrogens is 380 g/mol. The minimum Gasteiger partial charge on any atom is -0.380 e. The summed E-state index contributed by atoms with van der Waals surface area (Å²) in [6, 6.07) is 13.4. The van der Waals surface area contributed by atoms with E-state index in [9.17, 15) is 9.59 Å². The van der Waals surface area contributed by atoms with Gasteiger partial charge in [0.25, 0.3) is 5.91 Å². The summed E-state index contributed by atoms with van der Waals surface area (Å²) < 4.78 is 5.17. The lowest BCUT2D eigenvalue weighted by atomic mass is 10.1. The molecule has 1 N–H and O–H groups in total. The van der Waals surface area contributed by atoms with Crippen LogP contribution in [-0.2, 0) is 22.6 Å². The molecule has 2 heterocycles. The zero-order valence-corrected chi connectivity index (χ0v) is 17.8. The number of fused-ring (bicyclic) bond motifs is 2. The predicted octanol–water partition coefficient (Wildman–Crippen LogP) is 2.58. The number of nitrogens with one attached hydrogen (secondary N) is 1. The van der Waals surface area contributed by atoms with Gasteiger partial charge in [-0.25, -0.2) is 4.98 Å². The quantitative estimate of drug-likeness (QED) is 0.842. The van der Waals surface area contributed by atoms with E-state index < -0.39 is 0 Å². The molecule has 1 aromatic carbocycles. The zero-order valence-electron chi connectivity index (χ0n) is 17.8. The minimum atomic E-state index is -0.125. The predicted molar refractivity (Wildman–Crippen MR) is 116 cm³/mol. The van der Waals surface area contributed by atoms with E-state index in [2.05, 4.69) is 10.3 Å². The van der Waals surface area contributed by atoms with Gasteiger partial charge in [-0.3, -0.25) is 9.59 Å². The second-order valence-corrected chi connectivity index (χ2v) is 7.57. The molecule has 0 atom stereocenters. The topological polar surface area (TPSA) is 74.8 Å². The molecule has 1 aliphatic heterocycles. The number of rotatable bonds is 3. The van der Waals surface area contributed by atoms with Crippen molar-refractivity contribution in [2.45, 2.75) is 25.9 Å². The van der Waals surface area contributed by atoms with Crippen LogP contribution in [0.2, 0.25) is 0 Å². The summed E-state index contributed by atoms with van der Waals surface area (Å²) in [5.74, 6) is 0.634. The number of methoxy groups -OCH3 is 1. The lowest BCUT2D eigenvalue weighted by molar-refractivity contribution is -0.130. The number of amides is 2. The molecule has 7 heteroatoms. The largest absolute Gasteiger partial charge is 0.380 e. The van der Waals surface area contributed by atoms with Gasteiger partial charge in [0.2, 0.25) is 5.91 Å². The average Bonchev–Trinajstić information content (AvgIpc) is 2.75. The van der Waals surface area contributed by atoms with E-state index >= 15 is 0 Å². The van der Waals surface area contributed by atoms with E-state index in [1.54, 1.807) is 30.0 Å². The van der Waals surface area contributed by atoms with Crippen LogP contribution in [0.1, 0.15) is 34.5 Å². The lowest BCUT2D eigenvalue weighted by Crippen LogP contribution is -2.43. The summed E-state index contributed by atoms with van der Waals surface area (Å²) in [6.45, 7) is 2.20. The summed E-state index contributed by atoms with van der Waals surface area (Å²) in [5.41, 5.74) is 2.55. The Kier molecular flexibility index (Phi) is 7.79. The summed E-state index contributed by atoms with van der Waals surface area (Å²) in [4.78, 5) is 33.9. The maximum absolute atomic E-state index is 13.2. The molecule has 0 saturated heterocycles. The van der Waals surface area contributed by atoms with Crippen molar-refractivity contribution in [1.29, 1.82) is 0 Å². The van der Waals surface area contributed by atoms with Gasteiger partial charge in [-0.15, -0.1) is 0 Å². The first-order valence-electron chi connectivity index (χ1n) is 10.4. The number of aromatic nitrogens is 1. The number of ether oxygens (including phenoxy) is 1. The van der Waals surface area contributed by atoms with E-state index in [1.807, 2.05) is 36.4 Å². The molecule has 0 unspecified atom stereocenters. The van der Waals surface area contributed by atoms with Crippen molar-refractivity contribution in [2.24, 2.45) is 0 Å².